The third-order valence-electron chi connectivity index (χ3n) is 3.62. The summed E-state index contributed by atoms with van der Waals surface area (Å²) < 4.78 is 0. The summed E-state index contributed by atoms with van der Waals surface area (Å²) in [6.07, 6.45) is 5.66. The van der Waals surface area contributed by atoms with Gasteiger partial charge in [-0.15, -0.1) is 0 Å². The number of rotatable bonds is 5. The molecular weight excluding hydrogens is 182 g/mol. The van der Waals surface area contributed by atoms with Crippen molar-refractivity contribution in [3.63, 3.8) is 0 Å². The second kappa shape index (κ2) is 3.97. The minimum absolute atomic E-state index is 0.770. The van der Waals surface area contributed by atoms with Gasteiger partial charge in [-0.25, -0.2) is 0 Å². The van der Waals surface area contributed by atoms with Crippen molar-refractivity contribution >= 4 is 0 Å². The van der Waals surface area contributed by atoms with Gasteiger partial charge in [-0.1, -0.05) is 30.3 Å². The fraction of sp³-hybridized carbons (Fsp3) is 0.571. The first-order valence-electron chi connectivity index (χ1n) is 6.22. The third-order valence-corrected chi connectivity index (χ3v) is 3.62. The van der Waals surface area contributed by atoms with Crippen molar-refractivity contribution < 1.29 is 0 Å². The lowest BCUT2D eigenvalue weighted by Crippen LogP contribution is -2.24. The van der Waals surface area contributed by atoms with E-state index in [0.29, 0.717) is 0 Å². The highest BCUT2D eigenvalue weighted by molar-refractivity contribution is 5.22. The van der Waals surface area contributed by atoms with Gasteiger partial charge in [-0.05, 0) is 43.1 Å². The van der Waals surface area contributed by atoms with Crippen molar-refractivity contribution in [2.24, 2.45) is 5.92 Å². The van der Waals surface area contributed by atoms with Crippen LogP contribution in [0.25, 0.3) is 0 Å². The van der Waals surface area contributed by atoms with Crippen LogP contribution in [0.15, 0.2) is 30.3 Å². The van der Waals surface area contributed by atoms with Gasteiger partial charge < -0.3 is 5.32 Å². The molecule has 2 fully saturated rings. The molecule has 15 heavy (non-hydrogen) atoms. The van der Waals surface area contributed by atoms with E-state index in [1.165, 1.54) is 37.8 Å². The molecule has 1 N–H and O–H groups in total. The van der Waals surface area contributed by atoms with Crippen LogP contribution in [0.5, 0.6) is 0 Å². The molecule has 0 radical (unpaired) electrons. The van der Waals surface area contributed by atoms with Crippen molar-refractivity contribution in [1.29, 1.82) is 0 Å². The van der Waals surface area contributed by atoms with Gasteiger partial charge in [-0.3, -0.25) is 0 Å². The molecule has 0 aromatic heterocycles. The summed E-state index contributed by atoms with van der Waals surface area (Å²) in [5, 5.41) is 3.68. The largest absolute Gasteiger partial charge is 0.313 e. The highest BCUT2D eigenvalue weighted by Gasteiger charge is 2.33. The van der Waals surface area contributed by atoms with Crippen LogP contribution in [0.3, 0.4) is 0 Å². The molecule has 1 nitrogen and oxygen atoms in total. The molecule has 1 unspecified atom stereocenters. The fourth-order valence-corrected chi connectivity index (χ4v) is 2.34. The van der Waals surface area contributed by atoms with E-state index >= 15 is 0 Å². The monoisotopic (exact) mass is 201 g/mol. The number of nitrogens with one attached hydrogen (secondary N) is 1. The van der Waals surface area contributed by atoms with E-state index in [9.17, 15) is 0 Å². The molecule has 2 aliphatic carbocycles. The molecule has 0 bridgehead atoms. The van der Waals surface area contributed by atoms with Gasteiger partial charge in [0.05, 0.1) is 0 Å². The van der Waals surface area contributed by atoms with Gasteiger partial charge in [-0.2, -0.15) is 0 Å². The summed E-state index contributed by atoms with van der Waals surface area (Å²) >= 11 is 0. The lowest BCUT2D eigenvalue weighted by molar-refractivity contribution is 0.533. The molecule has 0 heterocycles. The Morgan fingerprint density at radius 1 is 1.07 bits per heavy atom. The molecular formula is C14H19N. The molecule has 1 aromatic carbocycles. The summed E-state index contributed by atoms with van der Waals surface area (Å²) in [5.41, 5.74) is 1.54. The molecule has 0 saturated heterocycles. The maximum atomic E-state index is 3.68. The second-order valence-electron chi connectivity index (χ2n) is 5.04. The van der Waals surface area contributed by atoms with E-state index in [1.54, 1.807) is 0 Å². The van der Waals surface area contributed by atoms with Crippen molar-refractivity contribution in [2.45, 2.75) is 37.6 Å². The normalized spacial score (nSPS) is 22.7. The number of hydrogen-bond acceptors (Lipinski definition) is 1. The Balaban J connectivity index is 1.66. The molecule has 3 rings (SSSR count). The summed E-state index contributed by atoms with van der Waals surface area (Å²) in [4.78, 5) is 0. The van der Waals surface area contributed by atoms with E-state index in [1.807, 2.05) is 0 Å². The van der Waals surface area contributed by atoms with Crippen LogP contribution in [-0.2, 0) is 0 Å². The fourth-order valence-electron chi connectivity index (χ4n) is 2.34. The average molecular weight is 201 g/mol. The van der Waals surface area contributed by atoms with E-state index in [0.717, 1.165) is 17.9 Å². The smallest absolute Gasteiger partial charge is 0.00684 e. The Bertz CT molecular complexity index is 311. The van der Waals surface area contributed by atoms with Crippen molar-refractivity contribution in [1.82, 2.24) is 5.32 Å². The highest BCUT2D eigenvalue weighted by atomic mass is 14.9. The Hall–Kier alpha value is -0.820. The first kappa shape index (κ1) is 9.41. The SMILES string of the molecule is c1ccc(C(CNC2CC2)C2CC2)cc1. The van der Waals surface area contributed by atoms with E-state index in [4.69, 9.17) is 0 Å². The van der Waals surface area contributed by atoms with Crippen LogP contribution >= 0.6 is 0 Å². The lowest BCUT2D eigenvalue weighted by atomic mass is 9.94. The summed E-state index contributed by atoms with van der Waals surface area (Å²) in [7, 11) is 0. The molecule has 2 aliphatic rings. The van der Waals surface area contributed by atoms with Crippen LogP contribution in [0.2, 0.25) is 0 Å². The zero-order valence-corrected chi connectivity index (χ0v) is 9.15. The Kier molecular flexibility index (Phi) is 2.49. The molecule has 1 aromatic rings. The lowest BCUT2D eigenvalue weighted by Gasteiger charge is -2.17. The molecule has 0 aliphatic heterocycles. The van der Waals surface area contributed by atoms with Gasteiger partial charge in [0.15, 0.2) is 0 Å². The zero-order chi connectivity index (χ0) is 10.1. The first-order chi connectivity index (χ1) is 7.43. The minimum atomic E-state index is 0.770. The first-order valence-corrected chi connectivity index (χ1v) is 6.22. The predicted octanol–water partition coefficient (Wildman–Crippen LogP) is 2.93. The average Bonchev–Trinajstić information content (AvgIpc) is 3.14. The van der Waals surface area contributed by atoms with Crippen molar-refractivity contribution in [2.75, 3.05) is 6.54 Å². The second-order valence-corrected chi connectivity index (χ2v) is 5.04. The number of benzene rings is 1. The zero-order valence-electron chi connectivity index (χ0n) is 9.15. The summed E-state index contributed by atoms with van der Waals surface area (Å²) in [5.74, 6) is 1.73. The molecule has 1 atom stereocenters. The Labute approximate surface area is 91.9 Å². The van der Waals surface area contributed by atoms with E-state index < -0.39 is 0 Å². The standard InChI is InChI=1S/C14H19N/c1-2-4-11(5-3-1)14(12-6-7-12)10-15-13-8-9-13/h1-5,12-15H,6-10H2. The maximum absolute atomic E-state index is 3.68. The van der Waals surface area contributed by atoms with Crippen LogP contribution in [0, 0.1) is 5.92 Å². The maximum Gasteiger partial charge on any atom is 0.00684 e. The van der Waals surface area contributed by atoms with Crippen LogP contribution < -0.4 is 5.32 Å². The highest BCUT2D eigenvalue weighted by Crippen LogP contribution is 2.42. The van der Waals surface area contributed by atoms with E-state index in [2.05, 4.69) is 35.6 Å². The molecule has 0 spiro atoms. The van der Waals surface area contributed by atoms with Crippen molar-refractivity contribution in [3.8, 4) is 0 Å². The number of hydrogen-bond donors (Lipinski definition) is 1. The molecule has 1 heteroatoms. The van der Waals surface area contributed by atoms with Gasteiger partial charge in [0.2, 0.25) is 0 Å². The summed E-state index contributed by atoms with van der Waals surface area (Å²) in [6.45, 7) is 1.19. The van der Waals surface area contributed by atoms with Crippen molar-refractivity contribution in [3.05, 3.63) is 35.9 Å². The molecule has 80 valence electrons. The van der Waals surface area contributed by atoms with Crippen LogP contribution in [0.4, 0.5) is 0 Å². The van der Waals surface area contributed by atoms with Gasteiger partial charge in [0.25, 0.3) is 0 Å². The van der Waals surface area contributed by atoms with E-state index in [-0.39, 0.29) is 0 Å². The topological polar surface area (TPSA) is 12.0 Å². The van der Waals surface area contributed by atoms with Gasteiger partial charge >= 0.3 is 0 Å². The quantitative estimate of drug-likeness (QED) is 0.772. The van der Waals surface area contributed by atoms with Gasteiger partial charge in [0.1, 0.15) is 0 Å². The third kappa shape index (κ3) is 2.40. The minimum Gasteiger partial charge on any atom is -0.313 e. The van der Waals surface area contributed by atoms with Crippen LogP contribution in [-0.4, -0.2) is 12.6 Å². The van der Waals surface area contributed by atoms with Crippen LogP contribution in [0.1, 0.15) is 37.2 Å². The summed E-state index contributed by atoms with van der Waals surface area (Å²) in [6, 6.07) is 11.9. The predicted molar refractivity (Wildman–Crippen MR) is 62.9 cm³/mol. The Morgan fingerprint density at radius 3 is 2.40 bits per heavy atom. The van der Waals surface area contributed by atoms with Gasteiger partial charge in [0, 0.05) is 12.6 Å². The molecule has 0 amide bonds. The Morgan fingerprint density at radius 2 is 1.80 bits per heavy atom. The molecule has 2 saturated carbocycles.